The molecule has 2 aromatic heterocycles. The van der Waals surface area contributed by atoms with Gasteiger partial charge in [0.15, 0.2) is 5.76 Å². The summed E-state index contributed by atoms with van der Waals surface area (Å²) in [7, 11) is 0. The lowest BCUT2D eigenvalue weighted by Crippen LogP contribution is -1.90. The summed E-state index contributed by atoms with van der Waals surface area (Å²) in [6.07, 6.45) is 1.90. The van der Waals surface area contributed by atoms with Crippen molar-refractivity contribution >= 4 is 22.6 Å². The Balaban J connectivity index is 1.55. The highest BCUT2D eigenvalue weighted by Crippen LogP contribution is 2.26. The van der Waals surface area contributed by atoms with Crippen molar-refractivity contribution < 1.29 is 4.42 Å². The summed E-state index contributed by atoms with van der Waals surface area (Å²) in [5, 5.41) is 15.6. The smallest absolute Gasteiger partial charge is 0.239 e. The van der Waals surface area contributed by atoms with Crippen molar-refractivity contribution in [2.75, 3.05) is 0 Å². The van der Waals surface area contributed by atoms with Crippen LogP contribution in [0.2, 0.25) is 5.02 Å². The van der Waals surface area contributed by atoms with Gasteiger partial charge in [-0.2, -0.15) is 5.21 Å². The molecule has 0 aliphatic heterocycles. The Morgan fingerprint density at radius 3 is 2.52 bits per heavy atom. The Labute approximate surface area is 137 Å². The summed E-state index contributed by atoms with van der Waals surface area (Å²) in [6.45, 7) is 0. The zero-order valence-corrected chi connectivity index (χ0v) is 12.9. The van der Waals surface area contributed by atoms with Crippen LogP contribution in [0.15, 0.2) is 52.9 Å². The van der Waals surface area contributed by atoms with Crippen LogP contribution >= 0.6 is 11.6 Å². The molecular formula is C17H13ClN4O. The first-order valence-electron chi connectivity index (χ1n) is 7.29. The third-order valence-electron chi connectivity index (χ3n) is 3.77. The number of hydrogen-bond acceptors (Lipinski definition) is 4. The van der Waals surface area contributed by atoms with Gasteiger partial charge in [0.05, 0.1) is 0 Å². The molecule has 0 saturated carbocycles. The first-order chi connectivity index (χ1) is 11.3. The molecule has 0 amide bonds. The lowest BCUT2D eigenvalue weighted by molar-refractivity contribution is 0.625. The highest BCUT2D eigenvalue weighted by atomic mass is 35.5. The van der Waals surface area contributed by atoms with E-state index in [0.29, 0.717) is 11.6 Å². The molecule has 114 valence electrons. The summed E-state index contributed by atoms with van der Waals surface area (Å²) in [6, 6.07) is 16.1. The van der Waals surface area contributed by atoms with Gasteiger partial charge >= 0.3 is 0 Å². The predicted octanol–water partition coefficient (Wildman–Crippen LogP) is 4.05. The number of tetrazole rings is 1. The van der Waals surface area contributed by atoms with Gasteiger partial charge < -0.3 is 4.42 Å². The van der Waals surface area contributed by atoms with E-state index in [4.69, 9.17) is 16.0 Å². The molecule has 2 aromatic carbocycles. The highest BCUT2D eigenvalue weighted by Gasteiger charge is 2.10. The number of benzene rings is 2. The molecule has 0 saturated heterocycles. The lowest BCUT2D eigenvalue weighted by atomic mass is 10.0. The molecule has 0 aliphatic carbocycles. The van der Waals surface area contributed by atoms with Gasteiger partial charge in [-0.05, 0) is 53.4 Å². The second kappa shape index (κ2) is 5.85. The maximum atomic E-state index is 5.91. The minimum absolute atomic E-state index is 0.462. The van der Waals surface area contributed by atoms with Crippen LogP contribution in [0.25, 0.3) is 22.6 Å². The normalized spacial score (nSPS) is 11.2. The van der Waals surface area contributed by atoms with Crippen LogP contribution in [0.5, 0.6) is 0 Å². The molecule has 0 bridgehead atoms. The fourth-order valence-corrected chi connectivity index (χ4v) is 2.67. The number of fused-ring (bicyclic) bond motifs is 1. The number of nitrogens with one attached hydrogen (secondary N) is 1. The van der Waals surface area contributed by atoms with E-state index in [-0.39, 0.29) is 0 Å². The van der Waals surface area contributed by atoms with Gasteiger partial charge in [0.1, 0.15) is 5.58 Å². The van der Waals surface area contributed by atoms with E-state index in [1.807, 2.05) is 18.2 Å². The summed E-state index contributed by atoms with van der Waals surface area (Å²) < 4.78 is 5.82. The van der Waals surface area contributed by atoms with Crippen LogP contribution in [-0.4, -0.2) is 20.6 Å². The largest absolute Gasteiger partial charge is 0.453 e. The Morgan fingerprint density at radius 2 is 1.74 bits per heavy atom. The van der Waals surface area contributed by atoms with E-state index < -0.39 is 0 Å². The number of halogens is 1. The molecule has 4 aromatic rings. The SMILES string of the molecule is Clc1ccc(CCc2ccc3cc(-c4nn[nH]n4)oc3c2)cc1. The molecule has 5 nitrogen and oxygen atoms in total. The van der Waals surface area contributed by atoms with E-state index in [1.54, 1.807) is 0 Å². The van der Waals surface area contributed by atoms with Crippen LogP contribution in [0.4, 0.5) is 0 Å². The standard InChI is InChI=1S/C17H13ClN4O/c18-14-7-4-11(5-8-14)1-2-12-3-6-13-10-16(23-15(13)9-12)17-19-21-22-20-17/h3-10H,1-2H2,(H,19,20,21,22). The predicted molar refractivity (Wildman–Crippen MR) is 88.2 cm³/mol. The molecule has 0 aliphatic rings. The number of rotatable bonds is 4. The summed E-state index contributed by atoms with van der Waals surface area (Å²) in [4.78, 5) is 0. The fraction of sp³-hybridized carbons (Fsp3) is 0.118. The number of aromatic amines is 1. The maximum Gasteiger partial charge on any atom is 0.239 e. The van der Waals surface area contributed by atoms with E-state index in [9.17, 15) is 0 Å². The molecular weight excluding hydrogens is 312 g/mol. The second-order valence-electron chi connectivity index (χ2n) is 5.34. The van der Waals surface area contributed by atoms with Crippen LogP contribution < -0.4 is 0 Å². The van der Waals surface area contributed by atoms with Gasteiger partial charge in [0.25, 0.3) is 0 Å². The van der Waals surface area contributed by atoms with Gasteiger partial charge in [-0.15, -0.1) is 10.2 Å². The van der Waals surface area contributed by atoms with Gasteiger partial charge in [0.2, 0.25) is 5.82 Å². The molecule has 0 radical (unpaired) electrons. The molecule has 0 atom stereocenters. The Bertz CT molecular complexity index is 929. The van der Waals surface area contributed by atoms with E-state index in [2.05, 4.69) is 51.0 Å². The van der Waals surface area contributed by atoms with E-state index in [0.717, 1.165) is 28.8 Å². The van der Waals surface area contributed by atoms with Gasteiger partial charge in [-0.25, -0.2) is 0 Å². The highest BCUT2D eigenvalue weighted by molar-refractivity contribution is 6.30. The van der Waals surface area contributed by atoms with Crippen LogP contribution in [0.3, 0.4) is 0 Å². The molecule has 6 heteroatoms. The summed E-state index contributed by atoms with van der Waals surface area (Å²) in [5.41, 5.74) is 3.32. The first-order valence-corrected chi connectivity index (χ1v) is 7.66. The number of nitrogens with zero attached hydrogens (tertiary/aromatic N) is 3. The van der Waals surface area contributed by atoms with Crippen molar-refractivity contribution in [2.45, 2.75) is 12.8 Å². The van der Waals surface area contributed by atoms with Crippen molar-refractivity contribution in [1.82, 2.24) is 20.6 Å². The first kappa shape index (κ1) is 14.0. The average molecular weight is 325 g/mol. The van der Waals surface area contributed by atoms with Gasteiger partial charge in [-0.3, -0.25) is 0 Å². The van der Waals surface area contributed by atoms with Crippen LogP contribution in [-0.2, 0) is 12.8 Å². The molecule has 1 N–H and O–H groups in total. The zero-order valence-electron chi connectivity index (χ0n) is 12.2. The van der Waals surface area contributed by atoms with E-state index in [1.165, 1.54) is 11.1 Å². The number of furan rings is 1. The van der Waals surface area contributed by atoms with E-state index >= 15 is 0 Å². The van der Waals surface area contributed by atoms with Crippen LogP contribution in [0, 0.1) is 0 Å². The Kier molecular flexibility index (Phi) is 3.55. The second-order valence-corrected chi connectivity index (χ2v) is 5.78. The van der Waals surface area contributed by atoms with Crippen molar-refractivity contribution in [3.8, 4) is 11.6 Å². The third-order valence-corrected chi connectivity index (χ3v) is 4.02. The maximum absolute atomic E-state index is 5.91. The Morgan fingerprint density at radius 1 is 0.957 bits per heavy atom. The summed E-state index contributed by atoms with van der Waals surface area (Å²) in [5.74, 6) is 1.08. The number of aromatic nitrogens is 4. The number of aryl methyl sites for hydroxylation is 2. The quantitative estimate of drug-likeness (QED) is 0.615. The lowest BCUT2D eigenvalue weighted by Gasteiger charge is -2.02. The molecule has 0 spiro atoms. The monoisotopic (exact) mass is 324 g/mol. The zero-order chi connectivity index (χ0) is 15.6. The average Bonchev–Trinajstić information content (AvgIpc) is 3.23. The number of H-pyrrole nitrogens is 1. The molecule has 23 heavy (non-hydrogen) atoms. The van der Waals surface area contributed by atoms with Crippen molar-refractivity contribution in [3.05, 3.63) is 64.7 Å². The fourth-order valence-electron chi connectivity index (χ4n) is 2.55. The van der Waals surface area contributed by atoms with Crippen molar-refractivity contribution in [2.24, 2.45) is 0 Å². The van der Waals surface area contributed by atoms with Crippen LogP contribution in [0.1, 0.15) is 11.1 Å². The topological polar surface area (TPSA) is 67.6 Å². The number of hydrogen-bond donors (Lipinski definition) is 1. The minimum Gasteiger partial charge on any atom is -0.453 e. The molecule has 2 heterocycles. The third kappa shape index (κ3) is 2.96. The summed E-state index contributed by atoms with van der Waals surface area (Å²) >= 11 is 5.91. The molecule has 4 rings (SSSR count). The Hall–Kier alpha value is -2.66. The van der Waals surface area contributed by atoms with Crippen molar-refractivity contribution in [1.29, 1.82) is 0 Å². The van der Waals surface area contributed by atoms with Crippen molar-refractivity contribution in [3.63, 3.8) is 0 Å². The van der Waals surface area contributed by atoms with Gasteiger partial charge in [0, 0.05) is 10.4 Å². The van der Waals surface area contributed by atoms with Gasteiger partial charge in [-0.1, -0.05) is 35.9 Å². The molecule has 0 unspecified atom stereocenters. The molecule has 0 fully saturated rings. The minimum atomic E-state index is 0.462.